The maximum atomic E-state index is 12.7. The number of imide groups is 1. The molecule has 0 spiro atoms. The van der Waals surface area contributed by atoms with Gasteiger partial charge < -0.3 is 14.6 Å². The molecule has 0 unspecified atom stereocenters. The van der Waals surface area contributed by atoms with E-state index in [0.717, 1.165) is 31.0 Å². The van der Waals surface area contributed by atoms with E-state index in [-0.39, 0.29) is 23.9 Å². The monoisotopic (exact) mass is 395 g/mol. The zero-order chi connectivity index (χ0) is 20.2. The quantitative estimate of drug-likeness (QED) is 0.576. The van der Waals surface area contributed by atoms with E-state index in [1.54, 1.807) is 24.3 Å². The number of rotatable bonds is 7. The Kier molecular flexibility index (Phi) is 5.76. The van der Waals surface area contributed by atoms with Gasteiger partial charge in [0.25, 0.3) is 17.7 Å². The molecule has 3 heterocycles. The number of nitrogens with zero attached hydrogens (tertiary/aromatic N) is 2. The lowest BCUT2D eigenvalue weighted by molar-refractivity contribution is 0.0631. The minimum absolute atomic E-state index is 0.0807. The van der Waals surface area contributed by atoms with Crippen molar-refractivity contribution in [3.05, 3.63) is 59.0 Å². The van der Waals surface area contributed by atoms with Crippen molar-refractivity contribution in [3.63, 3.8) is 0 Å². The predicted octanol–water partition coefficient (Wildman–Crippen LogP) is 2.68. The third-order valence-electron chi connectivity index (χ3n) is 5.51. The molecule has 1 fully saturated rings. The Hall–Kier alpha value is -2.93. The Balaban J connectivity index is 1.34. The number of hydrogen-bond donors (Lipinski definition) is 1. The zero-order valence-electron chi connectivity index (χ0n) is 16.4. The fraction of sp³-hybridized carbons (Fsp3) is 0.409. The van der Waals surface area contributed by atoms with Crippen molar-refractivity contribution in [2.24, 2.45) is 0 Å². The molecule has 7 nitrogen and oxygen atoms in total. The number of fused-ring (bicyclic) bond motifs is 1. The fourth-order valence-corrected chi connectivity index (χ4v) is 3.92. The number of hydrogen-bond acceptors (Lipinski definition) is 5. The lowest BCUT2D eigenvalue weighted by atomic mass is 10.1. The zero-order valence-corrected chi connectivity index (χ0v) is 16.4. The summed E-state index contributed by atoms with van der Waals surface area (Å²) < 4.78 is 5.24. The van der Waals surface area contributed by atoms with Gasteiger partial charge in [-0.05, 0) is 69.2 Å². The van der Waals surface area contributed by atoms with E-state index < -0.39 is 5.91 Å². The number of benzene rings is 1. The van der Waals surface area contributed by atoms with Crippen LogP contribution in [0.1, 0.15) is 62.5 Å². The summed E-state index contributed by atoms with van der Waals surface area (Å²) in [5, 5.41) is 2.91. The number of nitrogens with one attached hydrogen (secondary N) is 1. The van der Waals surface area contributed by atoms with E-state index in [1.165, 1.54) is 31.6 Å². The van der Waals surface area contributed by atoms with Crippen LogP contribution in [0.5, 0.6) is 0 Å². The van der Waals surface area contributed by atoms with Crippen molar-refractivity contribution in [1.29, 1.82) is 0 Å². The smallest absolute Gasteiger partial charge is 0.261 e. The maximum absolute atomic E-state index is 12.7. The molecular weight excluding hydrogens is 370 g/mol. The van der Waals surface area contributed by atoms with Crippen LogP contribution < -0.4 is 5.32 Å². The molecule has 0 atom stereocenters. The highest BCUT2D eigenvalue weighted by atomic mass is 16.3. The Morgan fingerprint density at radius 2 is 1.83 bits per heavy atom. The largest absolute Gasteiger partial charge is 0.467 e. The first-order valence-corrected chi connectivity index (χ1v) is 10.2. The first-order chi connectivity index (χ1) is 14.1. The van der Waals surface area contributed by atoms with Crippen molar-refractivity contribution in [1.82, 2.24) is 15.1 Å². The molecule has 1 aromatic heterocycles. The summed E-state index contributed by atoms with van der Waals surface area (Å²) in [7, 11) is 0. The van der Waals surface area contributed by atoms with Gasteiger partial charge in [0.2, 0.25) is 0 Å². The summed E-state index contributed by atoms with van der Waals surface area (Å²) in [6.45, 7) is 3.94. The Bertz CT molecular complexity index is 901. The van der Waals surface area contributed by atoms with Crippen molar-refractivity contribution >= 4 is 17.7 Å². The fourth-order valence-electron chi connectivity index (χ4n) is 3.92. The Labute approximate surface area is 169 Å². The van der Waals surface area contributed by atoms with E-state index in [9.17, 15) is 14.4 Å². The van der Waals surface area contributed by atoms with Gasteiger partial charge in [-0.3, -0.25) is 19.3 Å². The minimum Gasteiger partial charge on any atom is -0.467 e. The molecule has 3 amide bonds. The molecule has 1 N–H and O–H groups in total. The highest BCUT2D eigenvalue weighted by molar-refractivity contribution is 6.21. The van der Waals surface area contributed by atoms with Gasteiger partial charge in [-0.2, -0.15) is 0 Å². The molecule has 0 bridgehead atoms. The van der Waals surface area contributed by atoms with Crippen LogP contribution in [0.25, 0.3) is 0 Å². The second-order valence-corrected chi connectivity index (χ2v) is 7.55. The van der Waals surface area contributed by atoms with Crippen molar-refractivity contribution in [2.75, 3.05) is 26.2 Å². The van der Waals surface area contributed by atoms with Gasteiger partial charge in [-0.15, -0.1) is 0 Å². The number of piperidine rings is 1. The van der Waals surface area contributed by atoms with Gasteiger partial charge in [0.15, 0.2) is 0 Å². The van der Waals surface area contributed by atoms with E-state index in [4.69, 9.17) is 4.42 Å². The van der Waals surface area contributed by atoms with Gasteiger partial charge in [0.1, 0.15) is 5.76 Å². The molecule has 2 aliphatic rings. The third-order valence-corrected chi connectivity index (χ3v) is 5.51. The Morgan fingerprint density at radius 1 is 1.03 bits per heavy atom. The SMILES string of the molecule is O=C(NCCCN1CCCCC1)c1ccc2c(c1)C(=O)N(Cc1ccco1)C2=O. The summed E-state index contributed by atoms with van der Waals surface area (Å²) in [4.78, 5) is 41.3. The second-order valence-electron chi connectivity index (χ2n) is 7.55. The average Bonchev–Trinajstić information content (AvgIpc) is 3.35. The lowest BCUT2D eigenvalue weighted by Gasteiger charge is -2.26. The molecule has 0 radical (unpaired) electrons. The molecule has 4 rings (SSSR count). The lowest BCUT2D eigenvalue weighted by Crippen LogP contribution is -2.33. The van der Waals surface area contributed by atoms with Crippen LogP contribution in [0.3, 0.4) is 0 Å². The van der Waals surface area contributed by atoms with Crippen LogP contribution in [0, 0.1) is 0 Å². The molecule has 1 aromatic carbocycles. The van der Waals surface area contributed by atoms with Gasteiger partial charge in [0, 0.05) is 12.1 Å². The molecular formula is C22H25N3O4. The molecule has 2 aromatic rings. The normalized spacial score (nSPS) is 16.9. The van der Waals surface area contributed by atoms with Crippen molar-refractivity contribution in [3.8, 4) is 0 Å². The number of likely N-dealkylation sites (tertiary alicyclic amines) is 1. The highest BCUT2D eigenvalue weighted by Gasteiger charge is 2.36. The van der Waals surface area contributed by atoms with E-state index in [0.29, 0.717) is 23.4 Å². The van der Waals surface area contributed by atoms with Crippen molar-refractivity contribution in [2.45, 2.75) is 32.2 Å². The molecule has 152 valence electrons. The molecule has 1 saturated heterocycles. The average molecular weight is 395 g/mol. The topological polar surface area (TPSA) is 82.9 Å². The molecule has 2 aliphatic heterocycles. The van der Waals surface area contributed by atoms with E-state index >= 15 is 0 Å². The minimum atomic E-state index is -0.402. The summed E-state index contributed by atoms with van der Waals surface area (Å²) in [6, 6.07) is 8.09. The standard InChI is InChI=1S/C22H25N3O4/c26-20(23-9-5-12-24-10-2-1-3-11-24)16-7-8-18-19(14-16)22(28)25(21(18)27)15-17-6-4-13-29-17/h4,6-8,13-14H,1-3,5,9-12,15H2,(H,23,26). The van der Waals surface area contributed by atoms with Crippen LogP contribution in [0.15, 0.2) is 41.0 Å². The predicted molar refractivity (Wildman–Crippen MR) is 107 cm³/mol. The van der Waals surface area contributed by atoms with Crippen molar-refractivity contribution < 1.29 is 18.8 Å². The first-order valence-electron chi connectivity index (χ1n) is 10.2. The van der Waals surface area contributed by atoms with E-state index in [1.807, 2.05) is 0 Å². The van der Waals surface area contributed by atoms with Gasteiger partial charge in [-0.1, -0.05) is 6.42 Å². The number of amides is 3. The number of carbonyl (C=O) groups excluding carboxylic acids is 3. The first kappa shape index (κ1) is 19.4. The summed E-state index contributed by atoms with van der Waals surface area (Å²) in [5.41, 5.74) is 0.980. The van der Waals surface area contributed by atoms with Crippen LogP contribution >= 0.6 is 0 Å². The van der Waals surface area contributed by atoms with Gasteiger partial charge >= 0.3 is 0 Å². The molecule has 0 saturated carbocycles. The summed E-state index contributed by atoms with van der Waals surface area (Å²) in [5.74, 6) is -0.460. The second kappa shape index (κ2) is 8.61. The van der Waals surface area contributed by atoms with Crippen LogP contribution in [0.4, 0.5) is 0 Å². The highest BCUT2D eigenvalue weighted by Crippen LogP contribution is 2.25. The number of carbonyl (C=O) groups is 3. The van der Waals surface area contributed by atoms with Crippen LogP contribution in [-0.4, -0.2) is 53.7 Å². The van der Waals surface area contributed by atoms with E-state index in [2.05, 4.69) is 10.2 Å². The molecule has 29 heavy (non-hydrogen) atoms. The Morgan fingerprint density at radius 3 is 2.59 bits per heavy atom. The maximum Gasteiger partial charge on any atom is 0.261 e. The summed E-state index contributed by atoms with van der Waals surface area (Å²) in [6.07, 6.45) is 6.22. The summed E-state index contributed by atoms with van der Waals surface area (Å²) >= 11 is 0. The van der Waals surface area contributed by atoms with Gasteiger partial charge in [-0.25, -0.2) is 0 Å². The molecule has 0 aliphatic carbocycles. The van der Waals surface area contributed by atoms with Gasteiger partial charge in [0.05, 0.1) is 23.9 Å². The van der Waals surface area contributed by atoms with Crippen LogP contribution in [0.2, 0.25) is 0 Å². The molecule has 7 heteroatoms. The number of furan rings is 1. The third kappa shape index (κ3) is 4.24. The van der Waals surface area contributed by atoms with Crippen LogP contribution in [-0.2, 0) is 6.54 Å².